The second-order valence-corrected chi connectivity index (χ2v) is 7.83. The molecule has 1 fully saturated rings. The van der Waals surface area contributed by atoms with E-state index >= 15 is 0 Å². The molecule has 1 saturated carbocycles. The van der Waals surface area contributed by atoms with Crippen LogP contribution in [0.4, 0.5) is 0 Å². The van der Waals surface area contributed by atoms with Gasteiger partial charge in [0, 0.05) is 17.8 Å². The van der Waals surface area contributed by atoms with Gasteiger partial charge in [0.1, 0.15) is 0 Å². The van der Waals surface area contributed by atoms with Crippen LogP contribution in [0.25, 0.3) is 0 Å². The van der Waals surface area contributed by atoms with E-state index in [0.29, 0.717) is 16.7 Å². The molecule has 0 aliphatic heterocycles. The van der Waals surface area contributed by atoms with E-state index in [1.807, 2.05) is 25.4 Å². The van der Waals surface area contributed by atoms with Gasteiger partial charge < -0.3 is 5.32 Å². The minimum atomic E-state index is -3.44. The molecule has 0 amide bonds. The molecule has 20 heavy (non-hydrogen) atoms. The summed E-state index contributed by atoms with van der Waals surface area (Å²) in [4.78, 5) is 0.390. The van der Waals surface area contributed by atoms with Gasteiger partial charge in [-0.25, -0.2) is 13.1 Å². The highest BCUT2D eigenvalue weighted by molar-refractivity contribution is 7.99. The maximum Gasteiger partial charge on any atom is 0.241 e. The molecule has 1 aromatic rings. The monoisotopic (exact) mass is 314 g/mol. The molecule has 1 aliphatic carbocycles. The van der Waals surface area contributed by atoms with Crippen molar-refractivity contribution in [3.05, 3.63) is 29.8 Å². The Labute approximate surface area is 125 Å². The van der Waals surface area contributed by atoms with Crippen LogP contribution in [0.3, 0.4) is 0 Å². The third-order valence-corrected chi connectivity index (χ3v) is 6.45. The van der Waals surface area contributed by atoms with E-state index in [4.69, 9.17) is 0 Å². The average Bonchev–Trinajstić information content (AvgIpc) is 2.86. The number of benzene rings is 1. The Morgan fingerprint density at radius 2 is 2.05 bits per heavy atom. The number of hydrogen-bond donors (Lipinski definition) is 2. The zero-order valence-electron chi connectivity index (χ0n) is 11.9. The molecule has 0 radical (unpaired) electrons. The van der Waals surface area contributed by atoms with Crippen molar-refractivity contribution in [1.82, 2.24) is 10.0 Å². The molecule has 1 aliphatic rings. The van der Waals surface area contributed by atoms with E-state index in [-0.39, 0.29) is 6.04 Å². The van der Waals surface area contributed by atoms with E-state index in [2.05, 4.69) is 10.0 Å². The highest BCUT2D eigenvalue weighted by Crippen LogP contribution is 2.29. The van der Waals surface area contributed by atoms with E-state index in [9.17, 15) is 8.42 Å². The lowest BCUT2D eigenvalue weighted by Gasteiger charge is -2.20. The molecule has 0 heterocycles. The number of thioether (sulfide) groups is 1. The zero-order chi connectivity index (χ0) is 14.6. The molecule has 1 aromatic carbocycles. The first-order valence-corrected chi connectivity index (χ1v) is 9.63. The normalized spacial score (nSPS) is 23.1. The van der Waals surface area contributed by atoms with Crippen LogP contribution in [0.2, 0.25) is 0 Å². The topological polar surface area (TPSA) is 58.2 Å². The second kappa shape index (κ2) is 6.93. The van der Waals surface area contributed by atoms with E-state index < -0.39 is 10.0 Å². The minimum absolute atomic E-state index is 0.0534. The van der Waals surface area contributed by atoms with Gasteiger partial charge in [0.15, 0.2) is 0 Å². The molecule has 0 bridgehead atoms. The molecule has 2 N–H and O–H groups in total. The minimum Gasteiger partial charge on any atom is -0.316 e. The van der Waals surface area contributed by atoms with Gasteiger partial charge in [0.25, 0.3) is 0 Å². The molecular formula is C14H22N2O2S2. The maximum absolute atomic E-state index is 12.6. The first-order valence-electron chi connectivity index (χ1n) is 6.86. The van der Waals surface area contributed by atoms with Gasteiger partial charge in [-0.3, -0.25) is 0 Å². The molecular weight excluding hydrogens is 292 g/mol. The van der Waals surface area contributed by atoms with Crippen LogP contribution in [0.5, 0.6) is 0 Å². The number of nitrogens with one attached hydrogen (secondary N) is 2. The molecule has 4 nitrogen and oxygen atoms in total. The summed E-state index contributed by atoms with van der Waals surface area (Å²) in [6.07, 6.45) is 5.16. The Hall–Kier alpha value is -0.560. The van der Waals surface area contributed by atoms with Crippen LogP contribution in [-0.2, 0) is 16.6 Å². The molecule has 112 valence electrons. The summed E-state index contributed by atoms with van der Waals surface area (Å²) in [6.45, 7) is 0.549. The SMILES string of the molecule is CNCc1ccccc1S(=O)(=O)NC1CCCC1SC. The Morgan fingerprint density at radius 1 is 1.30 bits per heavy atom. The van der Waals surface area contributed by atoms with Crippen molar-refractivity contribution in [1.29, 1.82) is 0 Å². The molecule has 0 saturated heterocycles. The first kappa shape index (κ1) is 15.8. The van der Waals surface area contributed by atoms with Crippen molar-refractivity contribution >= 4 is 21.8 Å². The fraction of sp³-hybridized carbons (Fsp3) is 0.571. The molecule has 0 aromatic heterocycles. The fourth-order valence-corrected chi connectivity index (χ4v) is 5.28. The summed E-state index contributed by atoms with van der Waals surface area (Å²) in [5, 5.41) is 3.40. The average molecular weight is 314 g/mol. The number of sulfonamides is 1. The van der Waals surface area contributed by atoms with Crippen molar-refractivity contribution in [2.45, 2.75) is 42.0 Å². The Bertz CT molecular complexity index is 546. The smallest absolute Gasteiger partial charge is 0.241 e. The third-order valence-electron chi connectivity index (χ3n) is 3.69. The zero-order valence-corrected chi connectivity index (χ0v) is 13.6. The van der Waals surface area contributed by atoms with Gasteiger partial charge in [-0.2, -0.15) is 11.8 Å². The molecule has 6 heteroatoms. The van der Waals surface area contributed by atoms with Gasteiger partial charge in [0.2, 0.25) is 10.0 Å². The van der Waals surface area contributed by atoms with Gasteiger partial charge in [-0.15, -0.1) is 0 Å². The summed E-state index contributed by atoms with van der Waals surface area (Å²) >= 11 is 1.75. The van der Waals surface area contributed by atoms with Gasteiger partial charge >= 0.3 is 0 Å². The standard InChI is InChI=1S/C14H22N2O2S2/c1-15-10-11-6-3-4-9-14(11)20(17,18)16-12-7-5-8-13(12)19-2/h3-4,6,9,12-13,15-16H,5,7-8,10H2,1-2H3. The summed E-state index contributed by atoms with van der Waals surface area (Å²) in [7, 11) is -1.63. The second-order valence-electron chi connectivity index (χ2n) is 5.07. The Morgan fingerprint density at radius 3 is 2.75 bits per heavy atom. The largest absolute Gasteiger partial charge is 0.316 e. The van der Waals surface area contributed by atoms with Crippen LogP contribution in [-0.4, -0.2) is 33.0 Å². The van der Waals surface area contributed by atoms with Crippen LogP contribution < -0.4 is 10.0 Å². The van der Waals surface area contributed by atoms with E-state index in [1.165, 1.54) is 0 Å². The van der Waals surface area contributed by atoms with Crippen LogP contribution >= 0.6 is 11.8 Å². The molecule has 2 rings (SSSR count). The van der Waals surface area contributed by atoms with Gasteiger partial charge in [-0.1, -0.05) is 24.6 Å². The highest BCUT2D eigenvalue weighted by Gasteiger charge is 2.31. The Kier molecular flexibility index (Phi) is 5.49. The van der Waals surface area contributed by atoms with E-state index in [1.54, 1.807) is 23.9 Å². The van der Waals surface area contributed by atoms with Crippen molar-refractivity contribution < 1.29 is 8.42 Å². The quantitative estimate of drug-likeness (QED) is 0.843. The summed E-state index contributed by atoms with van der Waals surface area (Å²) in [5.41, 5.74) is 0.807. The Balaban J connectivity index is 2.22. The predicted octanol–water partition coefficient (Wildman–Crippen LogP) is 1.97. The van der Waals surface area contributed by atoms with Crippen LogP contribution in [0, 0.1) is 0 Å². The molecule has 2 atom stereocenters. The van der Waals surface area contributed by atoms with Crippen molar-refractivity contribution in [3.8, 4) is 0 Å². The van der Waals surface area contributed by atoms with Gasteiger partial charge in [0.05, 0.1) is 4.90 Å². The lowest BCUT2D eigenvalue weighted by molar-refractivity contribution is 0.553. The first-order chi connectivity index (χ1) is 9.58. The van der Waals surface area contributed by atoms with Crippen molar-refractivity contribution in [2.75, 3.05) is 13.3 Å². The van der Waals surface area contributed by atoms with Gasteiger partial charge in [-0.05, 0) is 37.8 Å². The van der Waals surface area contributed by atoms with E-state index in [0.717, 1.165) is 24.8 Å². The van der Waals surface area contributed by atoms with Crippen molar-refractivity contribution in [3.63, 3.8) is 0 Å². The lowest BCUT2D eigenvalue weighted by atomic mass is 10.2. The summed E-state index contributed by atoms with van der Waals surface area (Å²) < 4.78 is 28.1. The maximum atomic E-state index is 12.6. The van der Waals surface area contributed by atoms with Crippen LogP contribution in [0.1, 0.15) is 24.8 Å². The highest BCUT2D eigenvalue weighted by atomic mass is 32.2. The predicted molar refractivity (Wildman–Crippen MR) is 84.5 cm³/mol. The number of hydrogen-bond acceptors (Lipinski definition) is 4. The molecule has 0 spiro atoms. The third kappa shape index (κ3) is 3.55. The summed E-state index contributed by atoms with van der Waals surface area (Å²) in [5.74, 6) is 0. The van der Waals surface area contributed by atoms with Crippen molar-refractivity contribution in [2.24, 2.45) is 0 Å². The number of rotatable bonds is 6. The lowest BCUT2D eigenvalue weighted by Crippen LogP contribution is -2.39. The molecule has 2 unspecified atom stereocenters. The summed E-state index contributed by atoms with van der Waals surface area (Å²) in [6, 6.07) is 7.22. The van der Waals surface area contributed by atoms with Crippen LogP contribution in [0.15, 0.2) is 29.2 Å². The fourth-order valence-electron chi connectivity index (χ4n) is 2.71.